The first-order valence-corrected chi connectivity index (χ1v) is 7.89. The van der Waals surface area contributed by atoms with Crippen LogP contribution in [0.25, 0.3) is 5.57 Å². The van der Waals surface area contributed by atoms with Crippen molar-refractivity contribution in [2.75, 3.05) is 7.11 Å². The Balaban J connectivity index is 2.02. The summed E-state index contributed by atoms with van der Waals surface area (Å²) in [6.45, 7) is 0. The molecule has 0 aromatic carbocycles. The van der Waals surface area contributed by atoms with Crippen molar-refractivity contribution in [2.24, 2.45) is 0 Å². The zero-order valence-corrected chi connectivity index (χ0v) is 12.4. The SMILES string of the molecule is COc1ncc(C(F)(F)F)cc1C1=CC2CCCC(C1)S2. The van der Waals surface area contributed by atoms with Gasteiger partial charge in [0.05, 0.1) is 12.7 Å². The molecule has 3 rings (SSSR count). The number of aromatic nitrogens is 1. The molecule has 114 valence electrons. The van der Waals surface area contributed by atoms with Gasteiger partial charge in [0.15, 0.2) is 0 Å². The Morgan fingerprint density at radius 2 is 2.14 bits per heavy atom. The lowest BCUT2D eigenvalue weighted by Crippen LogP contribution is -2.21. The molecule has 2 atom stereocenters. The smallest absolute Gasteiger partial charge is 0.417 e. The number of allylic oxidation sites excluding steroid dienone is 1. The topological polar surface area (TPSA) is 22.1 Å². The molecule has 2 nitrogen and oxygen atoms in total. The molecule has 0 spiro atoms. The molecule has 21 heavy (non-hydrogen) atoms. The molecule has 0 N–H and O–H groups in total. The van der Waals surface area contributed by atoms with E-state index >= 15 is 0 Å². The maximum atomic E-state index is 12.9. The number of alkyl halides is 3. The van der Waals surface area contributed by atoms with Crippen molar-refractivity contribution in [1.29, 1.82) is 0 Å². The molecule has 0 saturated carbocycles. The summed E-state index contributed by atoms with van der Waals surface area (Å²) in [5.41, 5.74) is 0.714. The first-order valence-electron chi connectivity index (χ1n) is 6.95. The molecule has 2 aliphatic rings. The summed E-state index contributed by atoms with van der Waals surface area (Å²) in [4.78, 5) is 3.84. The first-order chi connectivity index (χ1) is 9.97. The summed E-state index contributed by atoms with van der Waals surface area (Å²) in [7, 11) is 1.44. The van der Waals surface area contributed by atoms with Crippen LogP contribution in [0.2, 0.25) is 0 Å². The number of hydrogen-bond acceptors (Lipinski definition) is 3. The van der Waals surface area contributed by atoms with Crippen LogP contribution in [-0.4, -0.2) is 22.6 Å². The standard InChI is InChI=1S/C15H16F3NOS/c1-20-14-13(7-10(8-19-14)15(16,17)18)9-5-11-3-2-4-12(6-9)21-11/h5,7-8,11-12H,2-4,6H2,1H3. The highest BCUT2D eigenvalue weighted by atomic mass is 32.2. The number of methoxy groups -OCH3 is 1. The fraction of sp³-hybridized carbons (Fsp3) is 0.533. The fourth-order valence-corrected chi connectivity index (χ4v) is 4.56. The maximum absolute atomic E-state index is 12.9. The molecule has 6 heteroatoms. The van der Waals surface area contributed by atoms with Gasteiger partial charge in [-0.3, -0.25) is 0 Å². The highest BCUT2D eigenvalue weighted by molar-refractivity contribution is 8.00. The molecule has 3 heterocycles. The van der Waals surface area contributed by atoms with Gasteiger partial charge in [-0.2, -0.15) is 24.9 Å². The summed E-state index contributed by atoms with van der Waals surface area (Å²) in [5.74, 6) is 0.277. The van der Waals surface area contributed by atoms with Gasteiger partial charge in [-0.25, -0.2) is 4.98 Å². The van der Waals surface area contributed by atoms with Crippen LogP contribution in [0.15, 0.2) is 18.3 Å². The van der Waals surface area contributed by atoms with Crippen LogP contribution >= 0.6 is 11.8 Å². The summed E-state index contributed by atoms with van der Waals surface area (Å²) >= 11 is 1.93. The number of fused-ring (bicyclic) bond motifs is 2. The zero-order chi connectivity index (χ0) is 15.0. The quantitative estimate of drug-likeness (QED) is 0.799. The summed E-state index contributed by atoms with van der Waals surface area (Å²) in [6, 6.07) is 1.17. The second-order valence-electron chi connectivity index (χ2n) is 5.40. The van der Waals surface area contributed by atoms with Crippen molar-refractivity contribution in [2.45, 2.75) is 42.4 Å². The Bertz CT molecular complexity index is 571. The van der Waals surface area contributed by atoms with Crippen LogP contribution in [-0.2, 0) is 6.18 Å². The number of rotatable bonds is 2. The Kier molecular flexibility index (Phi) is 3.90. The van der Waals surface area contributed by atoms with Crippen LogP contribution in [0.4, 0.5) is 13.2 Å². The van der Waals surface area contributed by atoms with Crippen LogP contribution in [0.5, 0.6) is 5.88 Å². The number of nitrogens with zero attached hydrogens (tertiary/aromatic N) is 1. The van der Waals surface area contributed by atoms with E-state index in [0.29, 0.717) is 16.1 Å². The molecule has 1 fully saturated rings. The van der Waals surface area contributed by atoms with E-state index in [1.165, 1.54) is 19.6 Å². The molecule has 2 bridgehead atoms. The van der Waals surface area contributed by atoms with Gasteiger partial charge in [0.2, 0.25) is 5.88 Å². The Morgan fingerprint density at radius 1 is 1.33 bits per heavy atom. The van der Waals surface area contributed by atoms with Crippen molar-refractivity contribution in [3.05, 3.63) is 29.5 Å². The van der Waals surface area contributed by atoms with Crippen molar-refractivity contribution in [1.82, 2.24) is 4.98 Å². The van der Waals surface area contributed by atoms with Gasteiger partial charge in [0.25, 0.3) is 0 Å². The minimum Gasteiger partial charge on any atom is -0.481 e. The lowest BCUT2D eigenvalue weighted by Gasteiger charge is -2.33. The predicted molar refractivity (Wildman–Crippen MR) is 77.4 cm³/mol. The molecule has 0 radical (unpaired) electrons. The van der Waals surface area contributed by atoms with Crippen molar-refractivity contribution in [3.63, 3.8) is 0 Å². The molecular weight excluding hydrogens is 299 g/mol. The third kappa shape index (κ3) is 3.05. The van der Waals surface area contributed by atoms with E-state index in [4.69, 9.17) is 4.74 Å². The lowest BCUT2D eigenvalue weighted by molar-refractivity contribution is -0.137. The number of thioether (sulfide) groups is 1. The number of hydrogen-bond donors (Lipinski definition) is 0. The molecule has 1 aromatic rings. The minimum absolute atomic E-state index is 0.277. The highest BCUT2D eigenvalue weighted by Crippen LogP contribution is 2.45. The monoisotopic (exact) mass is 315 g/mol. The lowest BCUT2D eigenvalue weighted by atomic mass is 9.93. The van der Waals surface area contributed by atoms with Gasteiger partial charge in [-0.15, -0.1) is 0 Å². The predicted octanol–water partition coefficient (Wildman–Crippen LogP) is 4.55. The van der Waals surface area contributed by atoms with E-state index in [1.54, 1.807) is 0 Å². The summed E-state index contributed by atoms with van der Waals surface area (Å²) < 4.78 is 43.9. The van der Waals surface area contributed by atoms with E-state index in [2.05, 4.69) is 11.1 Å². The Hall–Kier alpha value is -1.17. The zero-order valence-electron chi connectivity index (χ0n) is 11.6. The second kappa shape index (κ2) is 5.55. The second-order valence-corrected chi connectivity index (χ2v) is 6.95. The molecule has 0 amide bonds. The van der Waals surface area contributed by atoms with Crippen molar-refractivity contribution in [3.8, 4) is 5.88 Å². The van der Waals surface area contributed by atoms with Crippen molar-refractivity contribution < 1.29 is 17.9 Å². The molecule has 1 saturated heterocycles. The fourth-order valence-electron chi connectivity index (χ4n) is 2.94. The van der Waals surface area contributed by atoms with Gasteiger partial charge in [0, 0.05) is 22.3 Å². The highest BCUT2D eigenvalue weighted by Gasteiger charge is 2.34. The molecule has 0 aliphatic carbocycles. The maximum Gasteiger partial charge on any atom is 0.417 e. The Labute approximate surface area is 125 Å². The van der Waals surface area contributed by atoms with Gasteiger partial charge in [0.1, 0.15) is 0 Å². The normalized spacial score (nSPS) is 25.4. The van der Waals surface area contributed by atoms with Crippen molar-refractivity contribution >= 4 is 17.3 Å². The summed E-state index contributed by atoms with van der Waals surface area (Å²) in [5, 5.41) is 0.912. The minimum atomic E-state index is -4.38. The van der Waals surface area contributed by atoms with E-state index in [0.717, 1.165) is 31.0 Å². The number of pyridine rings is 1. The van der Waals surface area contributed by atoms with Crippen LogP contribution in [0.1, 0.15) is 36.8 Å². The first kappa shape index (κ1) is 14.8. The van der Waals surface area contributed by atoms with E-state index in [-0.39, 0.29) is 5.88 Å². The number of ether oxygens (including phenoxy) is 1. The van der Waals surface area contributed by atoms with E-state index in [9.17, 15) is 13.2 Å². The average Bonchev–Trinajstić information content (AvgIpc) is 2.45. The third-order valence-corrected chi connectivity index (χ3v) is 5.44. The van der Waals surface area contributed by atoms with Crippen LogP contribution in [0.3, 0.4) is 0 Å². The molecule has 2 aliphatic heterocycles. The number of halogens is 3. The molecule has 1 aromatic heterocycles. The van der Waals surface area contributed by atoms with Crippen LogP contribution < -0.4 is 4.74 Å². The third-order valence-electron chi connectivity index (χ3n) is 3.93. The van der Waals surface area contributed by atoms with Gasteiger partial charge in [-0.1, -0.05) is 12.5 Å². The molecular formula is C15H16F3NOS. The summed E-state index contributed by atoms with van der Waals surface area (Å²) in [6.07, 6.45) is 2.77. The van der Waals surface area contributed by atoms with E-state index < -0.39 is 11.7 Å². The van der Waals surface area contributed by atoms with Crippen LogP contribution in [0, 0.1) is 0 Å². The van der Waals surface area contributed by atoms with Gasteiger partial charge in [-0.05, 0) is 30.9 Å². The molecule has 2 unspecified atom stereocenters. The average molecular weight is 315 g/mol. The van der Waals surface area contributed by atoms with Gasteiger partial charge >= 0.3 is 6.18 Å². The van der Waals surface area contributed by atoms with E-state index in [1.807, 2.05) is 11.8 Å². The van der Waals surface area contributed by atoms with Gasteiger partial charge < -0.3 is 4.74 Å². The largest absolute Gasteiger partial charge is 0.481 e. The Morgan fingerprint density at radius 3 is 2.81 bits per heavy atom.